The summed E-state index contributed by atoms with van der Waals surface area (Å²) in [6.45, 7) is 2.20. The molecule has 2 aromatic rings. The van der Waals surface area contributed by atoms with Gasteiger partial charge >= 0.3 is 5.97 Å². The molecule has 0 bridgehead atoms. The predicted molar refractivity (Wildman–Crippen MR) is 121 cm³/mol. The first-order valence-electron chi connectivity index (χ1n) is 10.5. The zero-order chi connectivity index (χ0) is 21.6. The number of rotatable bonds is 12. The van der Waals surface area contributed by atoms with Crippen molar-refractivity contribution in [2.75, 3.05) is 0 Å². The van der Waals surface area contributed by atoms with E-state index in [-0.39, 0.29) is 5.91 Å². The van der Waals surface area contributed by atoms with Crippen molar-refractivity contribution in [3.63, 3.8) is 0 Å². The van der Waals surface area contributed by atoms with Crippen LogP contribution in [-0.2, 0) is 4.79 Å². The Morgan fingerprint density at radius 3 is 2.43 bits per heavy atom. The number of esters is 1. The highest BCUT2D eigenvalue weighted by Crippen LogP contribution is 2.16. The smallest absolute Gasteiger partial charge is 0.343 e. The SMILES string of the molecule is CCCCCCCCCC(=O)N/N=C\c1cccc(OC(=O)c2ccc(Cl)cc2)c1. The van der Waals surface area contributed by atoms with E-state index in [0.717, 1.165) is 12.8 Å². The molecule has 160 valence electrons. The van der Waals surface area contributed by atoms with Crippen molar-refractivity contribution in [3.05, 3.63) is 64.7 Å². The quantitative estimate of drug-likeness (QED) is 0.145. The van der Waals surface area contributed by atoms with Crippen molar-refractivity contribution in [2.24, 2.45) is 5.10 Å². The summed E-state index contributed by atoms with van der Waals surface area (Å²) in [6, 6.07) is 13.4. The number of hydrazone groups is 1. The van der Waals surface area contributed by atoms with E-state index in [1.165, 1.54) is 38.3 Å². The number of hydrogen-bond acceptors (Lipinski definition) is 4. The zero-order valence-corrected chi connectivity index (χ0v) is 18.2. The van der Waals surface area contributed by atoms with Gasteiger partial charge in [0, 0.05) is 11.4 Å². The molecule has 0 saturated heterocycles. The Morgan fingerprint density at radius 2 is 1.70 bits per heavy atom. The summed E-state index contributed by atoms with van der Waals surface area (Å²) in [7, 11) is 0. The molecular weight excluding hydrogens is 400 g/mol. The lowest BCUT2D eigenvalue weighted by molar-refractivity contribution is -0.121. The number of halogens is 1. The van der Waals surface area contributed by atoms with Crippen LogP contribution in [0, 0.1) is 0 Å². The lowest BCUT2D eigenvalue weighted by atomic mass is 10.1. The molecule has 30 heavy (non-hydrogen) atoms. The van der Waals surface area contributed by atoms with Gasteiger partial charge in [-0.1, -0.05) is 69.2 Å². The van der Waals surface area contributed by atoms with Crippen LogP contribution >= 0.6 is 11.6 Å². The fourth-order valence-electron chi connectivity index (χ4n) is 2.89. The standard InChI is InChI=1S/C24H29ClN2O3/c1-2-3-4-5-6-7-8-12-23(28)27-26-18-19-10-9-11-22(17-19)30-24(29)20-13-15-21(25)16-14-20/h9-11,13-18H,2-8,12H2,1H3,(H,27,28)/b26-18-. The highest BCUT2D eigenvalue weighted by molar-refractivity contribution is 6.30. The van der Waals surface area contributed by atoms with Gasteiger partial charge in [-0.05, 0) is 48.4 Å². The third-order valence-corrected chi connectivity index (χ3v) is 4.81. The van der Waals surface area contributed by atoms with Crippen LogP contribution in [0.25, 0.3) is 0 Å². The monoisotopic (exact) mass is 428 g/mol. The molecule has 0 aromatic heterocycles. The minimum absolute atomic E-state index is 0.0925. The second kappa shape index (κ2) is 13.5. The molecule has 0 spiro atoms. The van der Waals surface area contributed by atoms with E-state index >= 15 is 0 Å². The Hall–Kier alpha value is -2.66. The maximum Gasteiger partial charge on any atom is 0.343 e. The van der Waals surface area contributed by atoms with E-state index < -0.39 is 5.97 Å². The van der Waals surface area contributed by atoms with Crippen LogP contribution in [0.5, 0.6) is 5.75 Å². The topological polar surface area (TPSA) is 67.8 Å². The molecule has 0 radical (unpaired) electrons. The van der Waals surface area contributed by atoms with E-state index in [0.29, 0.717) is 28.3 Å². The van der Waals surface area contributed by atoms with E-state index in [1.54, 1.807) is 42.5 Å². The maximum atomic E-state index is 12.2. The molecule has 0 heterocycles. The fraction of sp³-hybridized carbons (Fsp3) is 0.375. The molecule has 0 aliphatic carbocycles. The number of amides is 1. The Kier molecular flexibility index (Phi) is 10.7. The molecule has 1 amide bonds. The number of carbonyl (C=O) groups is 2. The summed E-state index contributed by atoms with van der Waals surface area (Å²) in [5, 5.41) is 4.54. The molecular formula is C24H29ClN2O3. The second-order valence-electron chi connectivity index (χ2n) is 7.13. The summed E-state index contributed by atoms with van der Waals surface area (Å²) >= 11 is 5.83. The van der Waals surface area contributed by atoms with Crippen molar-refractivity contribution in [1.82, 2.24) is 5.43 Å². The fourth-order valence-corrected chi connectivity index (χ4v) is 3.01. The molecule has 6 heteroatoms. The van der Waals surface area contributed by atoms with Gasteiger partial charge in [0.1, 0.15) is 5.75 Å². The molecule has 0 unspecified atom stereocenters. The van der Waals surface area contributed by atoms with Gasteiger partial charge in [-0.15, -0.1) is 0 Å². The Labute approximate surface area is 183 Å². The first-order valence-corrected chi connectivity index (χ1v) is 10.9. The third kappa shape index (κ3) is 9.23. The molecule has 2 aromatic carbocycles. The van der Waals surface area contributed by atoms with Crippen molar-refractivity contribution in [3.8, 4) is 5.75 Å². The number of nitrogens with zero attached hydrogens (tertiary/aromatic N) is 1. The van der Waals surface area contributed by atoms with Crippen LogP contribution in [0.2, 0.25) is 5.02 Å². The zero-order valence-electron chi connectivity index (χ0n) is 17.4. The van der Waals surface area contributed by atoms with Crippen LogP contribution in [0.3, 0.4) is 0 Å². The second-order valence-corrected chi connectivity index (χ2v) is 7.57. The van der Waals surface area contributed by atoms with Crippen molar-refractivity contribution < 1.29 is 14.3 Å². The number of unbranched alkanes of at least 4 members (excludes halogenated alkanes) is 6. The molecule has 2 rings (SSSR count). The number of nitrogens with one attached hydrogen (secondary N) is 1. The number of carbonyl (C=O) groups excluding carboxylic acids is 2. The van der Waals surface area contributed by atoms with Crippen molar-refractivity contribution >= 4 is 29.7 Å². The third-order valence-electron chi connectivity index (χ3n) is 4.56. The van der Waals surface area contributed by atoms with Crippen LogP contribution in [-0.4, -0.2) is 18.1 Å². The molecule has 1 N–H and O–H groups in total. The molecule has 0 atom stereocenters. The number of hydrogen-bond donors (Lipinski definition) is 1. The highest BCUT2D eigenvalue weighted by atomic mass is 35.5. The highest BCUT2D eigenvalue weighted by Gasteiger charge is 2.08. The van der Waals surface area contributed by atoms with Crippen LogP contribution in [0.4, 0.5) is 0 Å². The van der Waals surface area contributed by atoms with Gasteiger partial charge in [-0.3, -0.25) is 4.79 Å². The molecule has 0 fully saturated rings. The van der Waals surface area contributed by atoms with Gasteiger partial charge in [0.2, 0.25) is 5.91 Å². The largest absolute Gasteiger partial charge is 0.423 e. The minimum Gasteiger partial charge on any atom is -0.423 e. The normalized spacial score (nSPS) is 10.9. The van der Waals surface area contributed by atoms with Gasteiger partial charge in [0.15, 0.2) is 0 Å². The van der Waals surface area contributed by atoms with E-state index in [4.69, 9.17) is 16.3 Å². The lowest BCUT2D eigenvalue weighted by Gasteiger charge is -2.05. The van der Waals surface area contributed by atoms with Gasteiger partial charge < -0.3 is 4.74 Å². The van der Waals surface area contributed by atoms with E-state index in [1.807, 2.05) is 6.07 Å². The Balaban J connectivity index is 1.73. The summed E-state index contributed by atoms with van der Waals surface area (Å²) in [4.78, 5) is 24.0. The van der Waals surface area contributed by atoms with Gasteiger partial charge in [-0.25, -0.2) is 10.2 Å². The Bertz CT molecular complexity index is 835. The lowest BCUT2D eigenvalue weighted by Crippen LogP contribution is -2.16. The number of benzene rings is 2. The average molecular weight is 429 g/mol. The summed E-state index contributed by atoms with van der Waals surface area (Å²) in [6.07, 6.45) is 10.2. The first-order chi connectivity index (χ1) is 14.6. The van der Waals surface area contributed by atoms with E-state index in [2.05, 4.69) is 17.5 Å². The van der Waals surface area contributed by atoms with E-state index in [9.17, 15) is 9.59 Å². The van der Waals surface area contributed by atoms with Crippen molar-refractivity contribution in [1.29, 1.82) is 0 Å². The number of ether oxygens (including phenoxy) is 1. The minimum atomic E-state index is -0.469. The van der Waals surface area contributed by atoms with Crippen LogP contribution < -0.4 is 10.2 Å². The Morgan fingerprint density at radius 1 is 1.00 bits per heavy atom. The van der Waals surface area contributed by atoms with Crippen LogP contribution in [0.1, 0.15) is 74.2 Å². The molecule has 5 nitrogen and oxygen atoms in total. The summed E-state index contributed by atoms with van der Waals surface area (Å²) in [5.41, 5.74) is 3.67. The van der Waals surface area contributed by atoms with Crippen molar-refractivity contribution in [2.45, 2.75) is 58.3 Å². The van der Waals surface area contributed by atoms with Gasteiger partial charge in [-0.2, -0.15) is 5.10 Å². The predicted octanol–water partition coefficient (Wildman–Crippen LogP) is 6.15. The molecule has 0 saturated carbocycles. The summed E-state index contributed by atoms with van der Waals surface area (Å²) < 4.78 is 5.38. The van der Waals surface area contributed by atoms with Gasteiger partial charge in [0.25, 0.3) is 0 Å². The average Bonchev–Trinajstić information content (AvgIpc) is 2.74. The summed E-state index contributed by atoms with van der Waals surface area (Å²) in [5.74, 6) is -0.165. The maximum absolute atomic E-state index is 12.2. The molecule has 0 aliphatic rings. The first kappa shape index (κ1) is 23.6. The van der Waals surface area contributed by atoms with Crippen LogP contribution in [0.15, 0.2) is 53.6 Å². The van der Waals surface area contributed by atoms with Gasteiger partial charge in [0.05, 0.1) is 11.8 Å². The molecule has 0 aliphatic heterocycles.